The van der Waals surface area contributed by atoms with Gasteiger partial charge in [-0.05, 0) is 24.3 Å². The molecule has 0 aromatic heterocycles. The Balaban J connectivity index is 1.72. The quantitative estimate of drug-likeness (QED) is 0.448. The second kappa shape index (κ2) is 7.73. The van der Waals surface area contributed by atoms with Crippen LogP contribution in [0.25, 0.3) is 0 Å². The first-order chi connectivity index (χ1) is 13.0. The highest BCUT2D eigenvalue weighted by Crippen LogP contribution is 2.33. The monoisotopic (exact) mass is 372 g/mol. The average molecular weight is 372 g/mol. The fraction of sp³-hybridized carbons (Fsp3) is 0.222. The number of amides is 1. The summed E-state index contributed by atoms with van der Waals surface area (Å²) >= 11 is 0. The molecule has 0 aliphatic carbocycles. The van der Waals surface area contributed by atoms with E-state index < -0.39 is 22.9 Å². The number of non-ortho nitro benzene ring substituents is 1. The van der Waals surface area contributed by atoms with E-state index in [2.05, 4.69) is 0 Å². The Labute approximate surface area is 154 Å². The first kappa shape index (κ1) is 18.2. The molecule has 0 unspecified atom stereocenters. The lowest BCUT2D eigenvalue weighted by molar-refractivity contribution is -0.384. The second-order valence-corrected chi connectivity index (χ2v) is 5.64. The van der Waals surface area contributed by atoms with Gasteiger partial charge in [0.1, 0.15) is 11.5 Å². The van der Waals surface area contributed by atoms with Gasteiger partial charge in [0.2, 0.25) is 6.10 Å². The minimum Gasteiger partial charge on any atom is -0.484 e. The highest BCUT2D eigenvalue weighted by atomic mass is 16.6. The number of para-hydroxylation sites is 2. The van der Waals surface area contributed by atoms with Gasteiger partial charge in [-0.25, -0.2) is 4.79 Å². The van der Waals surface area contributed by atoms with Gasteiger partial charge in [-0.1, -0.05) is 12.1 Å². The van der Waals surface area contributed by atoms with Crippen molar-refractivity contribution >= 4 is 23.3 Å². The Morgan fingerprint density at radius 3 is 2.59 bits per heavy atom. The number of ether oxygens (including phenoxy) is 3. The van der Waals surface area contributed by atoms with Gasteiger partial charge in [-0.3, -0.25) is 14.9 Å². The Bertz CT molecular complexity index is 866. The van der Waals surface area contributed by atoms with Crippen molar-refractivity contribution in [1.82, 2.24) is 0 Å². The number of benzene rings is 2. The van der Waals surface area contributed by atoms with E-state index >= 15 is 0 Å². The van der Waals surface area contributed by atoms with Gasteiger partial charge in [-0.2, -0.15) is 0 Å². The normalized spacial score (nSPS) is 15.3. The fourth-order valence-electron chi connectivity index (χ4n) is 2.61. The van der Waals surface area contributed by atoms with Crippen molar-refractivity contribution in [3.8, 4) is 11.5 Å². The maximum atomic E-state index is 12.7. The number of carbonyl (C=O) groups excluding carboxylic acids is 2. The number of fused-ring (bicyclic) bond motifs is 1. The van der Waals surface area contributed by atoms with E-state index in [1.165, 1.54) is 36.3 Å². The van der Waals surface area contributed by atoms with Gasteiger partial charge < -0.3 is 19.1 Å². The lowest BCUT2D eigenvalue weighted by Crippen LogP contribution is -2.48. The Hall–Kier alpha value is -3.62. The predicted octanol–water partition coefficient (Wildman–Crippen LogP) is 1.94. The molecule has 2 aromatic rings. The molecule has 9 nitrogen and oxygen atoms in total. The fourth-order valence-corrected chi connectivity index (χ4v) is 2.61. The number of hydrogen-bond donors (Lipinski definition) is 0. The Morgan fingerprint density at radius 1 is 1.22 bits per heavy atom. The topological polar surface area (TPSA) is 108 Å². The standard InChI is InChI=1S/C18H16N2O7/c1-25-18(22)16-10-19(14-4-2-3-5-15(14)27-16)17(21)11-26-13-8-6-12(7-9-13)20(23)24/h2-9,16H,10-11H2,1H3/t16-/m0/s1. The van der Waals surface area contributed by atoms with E-state index in [-0.39, 0.29) is 18.8 Å². The highest BCUT2D eigenvalue weighted by Gasteiger charge is 2.34. The van der Waals surface area contributed by atoms with Crippen LogP contribution in [0.2, 0.25) is 0 Å². The van der Waals surface area contributed by atoms with Crippen molar-refractivity contribution in [2.75, 3.05) is 25.2 Å². The molecule has 0 spiro atoms. The minimum atomic E-state index is -0.937. The molecule has 1 heterocycles. The van der Waals surface area contributed by atoms with Crippen molar-refractivity contribution in [3.05, 3.63) is 58.6 Å². The number of hydrogen-bond acceptors (Lipinski definition) is 7. The van der Waals surface area contributed by atoms with Gasteiger partial charge >= 0.3 is 5.97 Å². The number of carbonyl (C=O) groups is 2. The van der Waals surface area contributed by atoms with E-state index in [1.807, 2.05) is 0 Å². The molecule has 0 bridgehead atoms. The largest absolute Gasteiger partial charge is 0.484 e. The third kappa shape index (κ3) is 3.97. The number of nitro groups is 1. The molecule has 0 radical (unpaired) electrons. The lowest BCUT2D eigenvalue weighted by Gasteiger charge is -2.33. The molecular weight excluding hydrogens is 356 g/mol. The van der Waals surface area contributed by atoms with Crippen LogP contribution in [0.1, 0.15) is 0 Å². The molecule has 0 saturated carbocycles. The molecule has 140 valence electrons. The second-order valence-electron chi connectivity index (χ2n) is 5.64. The SMILES string of the molecule is COC(=O)[C@@H]1CN(C(=O)COc2ccc([N+](=O)[O-])cc2)c2ccccc2O1. The van der Waals surface area contributed by atoms with E-state index in [1.54, 1.807) is 24.3 Å². The number of nitro benzene ring substituents is 1. The van der Waals surface area contributed by atoms with Crippen LogP contribution in [0.4, 0.5) is 11.4 Å². The summed E-state index contributed by atoms with van der Waals surface area (Å²) in [5.74, 6) is -0.264. The van der Waals surface area contributed by atoms with Gasteiger partial charge in [0, 0.05) is 12.1 Å². The van der Waals surface area contributed by atoms with Crippen molar-refractivity contribution in [3.63, 3.8) is 0 Å². The maximum Gasteiger partial charge on any atom is 0.348 e. The van der Waals surface area contributed by atoms with Crippen LogP contribution in [0, 0.1) is 10.1 Å². The zero-order chi connectivity index (χ0) is 19.4. The first-order valence-corrected chi connectivity index (χ1v) is 8.00. The highest BCUT2D eigenvalue weighted by molar-refractivity contribution is 5.97. The molecule has 1 amide bonds. The summed E-state index contributed by atoms with van der Waals surface area (Å²) in [6.07, 6.45) is -0.937. The van der Waals surface area contributed by atoms with Crippen molar-refractivity contribution in [2.45, 2.75) is 6.10 Å². The number of anilines is 1. The van der Waals surface area contributed by atoms with Crippen LogP contribution in [-0.4, -0.2) is 43.2 Å². The summed E-state index contributed by atoms with van der Waals surface area (Å²) in [5.41, 5.74) is 0.451. The minimum absolute atomic E-state index is 0.00780. The van der Waals surface area contributed by atoms with Crippen molar-refractivity contribution < 1.29 is 28.7 Å². The summed E-state index contributed by atoms with van der Waals surface area (Å²) < 4.78 is 15.7. The third-order valence-electron chi connectivity index (χ3n) is 3.95. The van der Waals surface area contributed by atoms with Crippen LogP contribution in [0.3, 0.4) is 0 Å². The lowest BCUT2D eigenvalue weighted by atomic mass is 10.2. The van der Waals surface area contributed by atoms with Gasteiger partial charge in [-0.15, -0.1) is 0 Å². The summed E-state index contributed by atoms with van der Waals surface area (Å²) in [5, 5.41) is 10.7. The molecule has 3 rings (SSSR count). The molecule has 1 aliphatic heterocycles. The van der Waals surface area contributed by atoms with Gasteiger partial charge in [0.05, 0.1) is 24.3 Å². The molecule has 0 saturated heterocycles. The molecule has 27 heavy (non-hydrogen) atoms. The van der Waals surface area contributed by atoms with Crippen LogP contribution >= 0.6 is 0 Å². The predicted molar refractivity (Wildman–Crippen MR) is 93.8 cm³/mol. The van der Waals surface area contributed by atoms with E-state index in [0.29, 0.717) is 17.2 Å². The van der Waals surface area contributed by atoms with Gasteiger partial charge in [0.25, 0.3) is 11.6 Å². The van der Waals surface area contributed by atoms with Gasteiger partial charge in [0.15, 0.2) is 6.61 Å². The summed E-state index contributed by atoms with van der Waals surface area (Å²) in [4.78, 5) is 36.0. The van der Waals surface area contributed by atoms with E-state index in [0.717, 1.165) is 0 Å². The zero-order valence-corrected chi connectivity index (χ0v) is 14.4. The molecule has 9 heteroatoms. The average Bonchev–Trinajstić information content (AvgIpc) is 2.70. The van der Waals surface area contributed by atoms with Crippen LogP contribution in [0.15, 0.2) is 48.5 Å². The number of nitrogens with zero attached hydrogens (tertiary/aromatic N) is 2. The summed E-state index contributed by atoms with van der Waals surface area (Å²) in [6, 6.07) is 12.2. The number of methoxy groups -OCH3 is 1. The van der Waals surface area contributed by atoms with E-state index in [9.17, 15) is 19.7 Å². The van der Waals surface area contributed by atoms with Crippen LogP contribution < -0.4 is 14.4 Å². The molecule has 0 fully saturated rings. The van der Waals surface area contributed by atoms with Crippen LogP contribution in [0.5, 0.6) is 11.5 Å². The van der Waals surface area contributed by atoms with Crippen LogP contribution in [-0.2, 0) is 14.3 Å². The maximum absolute atomic E-state index is 12.7. The first-order valence-electron chi connectivity index (χ1n) is 8.00. The Kier molecular flexibility index (Phi) is 5.20. The van der Waals surface area contributed by atoms with E-state index in [4.69, 9.17) is 14.2 Å². The van der Waals surface area contributed by atoms with Crippen molar-refractivity contribution in [2.24, 2.45) is 0 Å². The van der Waals surface area contributed by atoms with Crippen molar-refractivity contribution in [1.29, 1.82) is 0 Å². The molecular formula is C18H16N2O7. The number of esters is 1. The smallest absolute Gasteiger partial charge is 0.348 e. The molecule has 1 aliphatic rings. The number of rotatable bonds is 5. The zero-order valence-electron chi connectivity index (χ0n) is 14.4. The summed E-state index contributed by atoms with van der Waals surface area (Å²) in [6.45, 7) is -0.313. The Morgan fingerprint density at radius 2 is 1.93 bits per heavy atom. The molecule has 0 N–H and O–H groups in total. The molecule has 2 aromatic carbocycles. The third-order valence-corrected chi connectivity index (χ3v) is 3.95. The molecule has 1 atom stereocenters. The summed E-state index contributed by atoms with van der Waals surface area (Å²) in [7, 11) is 1.25.